The van der Waals surface area contributed by atoms with Crippen molar-refractivity contribution < 1.29 is 19.4 Å². The van der Waals surface area contributed by atoms with Crippen LogP contribution >= 0.6 is 0 Å². The van der Waals surface area contributed by atoms with Gasteiger partial charge in [0.15, 0.2) is 0 Å². The molecular formula is C9H16O4. The van der Waals surface area contributed by atoms with E-state index in [0.29, 0.717) is 19.4 Å². The van der Waals surface area contributed by atoms with Gasteiger partial charge in [-0.1, -0.05) is 13.8 Å². The van der Waals surface area contributed by atoms with Crippen LogP contribution in [0.4, 0.5) is 0 Å². The number of unbranched alkanes of at least 4 members (excludes halogenated alkanes) is 1. The lowest BCUT2D eigenvalue weighted by Crippen LogP contribution is -2.12. The summed E-state index contributed by atoms with van der Waals surface area (Å²) in [5.74, 6) is -1.15. The Morgan fingerprint density at radius 2 is 1.92 bits per heavy atom. The van der Waals surface area contributed by atoms with Gasteiger partial charge in [-0.05, 0) is 12.8 Å². The molecule has 0 fully saturated rings. The van der Waals surface area contributed by atoms with Gasteiger partial charge in [-0.25, -0.2) is 0 Å². The summed E-state index contributed by atoms with van der Waals surface area (Å²) in [5.41, 5.74) is 0. The Morgan fingerprint density at radius 1 is 1.31 bits per heavy atom. The number of esters is 1. The molecule has 0 bridgehead atoms. The third-order valence-electron chi connectivity index (χ3n) is 1.50. The van der Waals surface area contributed by atoms with Crippen LogP contribution in [0.1, 0.15) is 33.1 Å². The number of hydrogen-bond acceptors (Lipinski definition) is 3. The topological polar surface area (TPSA) is 63.6 Å². The predicted molar refractivity (Wildman–Crippen MR) is 47.3 cm³/mol. The largest absolute Gasteiger partial charge is 0.481 e. The van der Waals surface area contributed by atoms with E-state index in [-0.39, 0.29) is 18.3 Å². The SMILES string of the molecule is CC(C)C(=O)OCCCCC(=O)O. The van der Waals surface area contributed by atoms with Crippen molar-refractivity contribution in [2.24, 2.45) is 5.92 Å². The molecular weight excluding hydrogens is 172 g/mol. The van der Waals surface area contributed by atoms with Crippen LogP contribution in [0.25, 0.3) is 0 Å². The standard InChI is InChI=1S/C9H16O4/c1-7(2)9(12)13-6-4-3-5-8(10)11/h7H,3-6H2,1-2H3,(H,10,11). The fourth-order valence-electron chi connectivity index (χ4n) is 0.718. The monoisotopic (exact) mass is 188 g/mol. The fourth-order valence-corrected chi connectivity index (χ4v) is 0.718. The lowest BCUT2D eigenvalue weighted by molar-refractivity contribution is -0.147. The van der Waals surface area contributed by atoms with Gasteiger partial charge in [0.1, 0.15) is 0 Å². The third-order valence-corrected chi connectivity index (χ3v) is 1.50. The zero-order chi connectivity index (χ0) is 10.3. The first kappa shape index (κ1) is 11.9. The molecule has 0 saturated carbocycles. The highest BCUT2D eigenvalue weighted by Gasteiger charge is 2.07. The van der Waals surface area contributed by atoms with Crippen molar-refractivity contribution in [3.05, 3.63) is 0 Å². The van der Waals surface area contributed by atoms with Gasteiger partial charge in [0.2, 0.25) is 0 Å². The molecule has 0 aliphatic rings. The molecule has 0 saturated heterocycles. The van der Waals surface area contributed by atoms with Gasteiger partial charge in [-0.2, -0.15) is 0 Å². The number of ether oxygens (including phenoxy) is 1. The normalized spacial score (nSPS) is 10.1. The van der Waals surface area contributed by atoms with E-state index >= 15 is 0 Å². The number of hydrogen-bond donors (Lipinski definition) is 1. The van der Waals surface area contributed by atoms with Crippen LogP contribution in [0.15, 0.2) is 0 Å². The summed E-state index contributed by atoms with van der Waals surface area (Å²) in [6.07, 6.45) is 1.31. The fraction of sp³-hybridized carbons (Fsp3) is 0.778. The van der Waals surface area contributed by atoms with Crippen LogP contribution in [0.5, 0.6) is 0 Å². The van der Waals surface area contributed by atoms with Crippen molar-refractivity contribution in [1.82, 2.24) is 0 Å². The molecule has 76 valence electrons. The first-order chi connectivity index (χ1) is 6.04. The molecule has 0 aromatic heterocycles. The zero-order valence-corrected chi connectivity index (χ0v) is 8.08. The van der Waals surface area contributed by atoms with Gasteiger partial charge in [-0.15, -0.1) is 0 Å². The highest BCUT2D eigenvalue weighted by molar-refractivity contribution is 5.71. The molecule has 4 nitrogen and oxygen atoms in total. The van der Waals surface area contributed by atoms with Crippen LogP contribution in [0.2, 0.25) is 0 Å². The second kappa shape index (κ2) is 6.46. The second-order valence-electron chi connectivity index (χ2n) is 3.17. The van der Waals surface area contributed by atoms with E-state index in [1.54, 1.807) is 13.8 Å². The van der Waals surface area contributed by atoms with E-state index in [0.717, 1.165) is 0 Å². The van der Waals surface area contributed by atoms with Gasteiger partial charge in [0.05, 0.1) is 12.5 Å². The van der Waals surface area contributed by atoms with Crippen molar-refractivity contribution >= 4 is 11.9 Å². The smallest absolute Gasteiger partial charge is 0.308 e. The maximum Gasteiger partial charge on any atom is 0.308 e. The number of carboxylic acid groups (broad SMARTS) is 1. The van der Waals surface area contributed by atoms with Gasteiger partial charge in [0.25, 0.3) is 0 Å². The molecule has 13 heavy (non-hydrogen) atoms. The zero-order valence-electron chi connectivity index (χ0n) is 8.08. The molecule has 0 aromatic rings. The summed E-state index contributed by atoms with van der Waals surface area (Å²) in [6.45, 7) is 3.85. The molecule has 0 amide bonds. The van der Waals surface area contributed by atoms with Crippen molar-refractivity contribution in [1.29, 1.82) is 0 Å². The minimum absolute atomic E-state index is 0.112. The molecule has 0 aliphatic heterocycles. The van der Waals surface area contributed by atoms with E-state index < -0.39 is 5.97 Å². The van der Waals surface area contributed by atoms with E-state index in [9.17, 15) is 9.59 Å². The number of rotatable bonds is 6. The Kier molecular flexibility index (Phi) is 5.93. The molecule has 0 heterocycles. The maximum atomic E-state index is 10.9. The summed E-state index contributed by atoms with van der Waals surface area (Å²) in [5, 5.41) is 8.30. The van der Waals surface area contributed by atoms with Gasteiger partial charge < -0.3 is 9.84 Å². The quantitative estimate of drug-likeness (QED) is 0.506. The average molecular weight is 188 g/mol. The molecule has 0 rings (SSSR count). The Labute approximate surface area is 77.9 Å². The molecule has 0 spiro atoms. The highest BCUT2D eigenvalue weighted by Crippen LogP contribution is 1.99. The van der Waals surface area contributed by atoms with E-state index in [2.05, 4.69) is 0 Å². The Hall–Kier alpha value is -1.06. The van der Waals surface area contributed by atoms with Gasteiger partial charge in [-0.3, -0.25) is 9.59 Å². The first-order valence-electron chi connectivity index (χ1n) is 4.42. The number of carboxylic acids is 1. The van der Waals surface area contributed by atoms with Crippen molar-refractivity contribution in [3.63, 3.8) is 0 Å². The van der Waals surface area contributed by atoms with Crippen LogP contribution < -0.4 is 0 Å². The minimum atomic E-state index is -0.810. The summed E-state index contributed by atoms with van der Waals surface area (Å²) < 4.78 is 4.85. The Bertz CT molecular complexity index is 174. The molecule has 0 unspecified atom stereocenters. The lowest BCUT2D eigenvalue weighted by atomic mass is 10.2. The number of carbonyl (C=O) groups is 2. The summed E-state index contributed by atoms with van der Waals surface area (Å²) in [4.78, 5) is 21.0. The number of carbonyl (C=O) groups excluding carboxylic acids is 1. The molecule has 0 radical (unpaired) electrons. The van der Waals surface area contributed by atoms with Gasteiger partial charge in [0, 0.05) is 6.42 Å². The predicted octanol–water partition coefficient (Wildman–Crippen LogP) is 1.44. The first-order valence-corrected chi connectivity index (χ1v) is 4.42. The van der Waals surface area contributed by atoms with Crippen LogP contribution in [0.3, 0.4) is 0 Å². The summed E-state index contributed by atoms with van der Waals surface area (Å²) in [6, 6.07) is 0. The van der Waals surface area contributed by atoms with Crippen molar-refractivity contribution in [3.8, 4) is 0 Å². The molecule has 1 N–H and O–H groups in total. The second-order valence-corrected chi connectivity index (χ2v) is 3.17. The molecule has 0 aromatic carbocycles. The molecule has 0 atom stereocenters. The summed E-state index contributed by atoms with van der Waals surface area (Å²) >= 11 is 0. The minimum Gasteiger partial charge on any atom is -0.481 e. The Balaban J connectivity index is 3.26. The summed E-state index contributed by atoms with van der Waals surface area (Å²) in [7, 11) is 0. The van der Waals surface area contributed by atoms with Crippen LogP contribution in [-0.4, -0.2) is 23.7 Å². The van der Waals surface area contributed by atoms with Crippen LogP contribution in [-0.2, 0) is 14.3 Å². The number of aliphatic carboxylic acids is 1. The maximum absolute atomic E-state index is 10.9. The molecule has 4 heteroatoms. The van der Waals surface area contributed by atoms with Crippen molar-refractivity contribution in [2.75, 3.05) is 6.61 Å². The lowest BCUT2D eigenvalue weighted by Gasteiger charge is -2.05. The van der Waals surface area contributed by atoms with E-state index in [1.165, 1.54) is 0 Å². The Morgan fingerprint density at radius 3 is 2.38 bits per heavy atom. The third kappa shape index (κ3) is 7.31. The van der Waals surface area contributed by atoms with Gasteiger partial charge >= 0.3 is 11.9 Å². The van der Waals surface area contributed by atoms with E-state index in [1.807, 2.05) is 0 Å². The molecule has 0 aliphatic carbocycles. The van der Waals surface area contributed by atoms with Crippen molar-refractivity contribution in [2.45, 2.75) is 33.1 Å². The average Bonchev–Trinajstić information content (AvgIpc) is 2.02. The van der Waals surface area contributed by atoms with Crippen LogP contribution in [0, 0.1) is 5.92 Å². The van der Waals surface area contributed by atoms with E-state index in [4.69, 9.17) is 9.84 Å². The highest BCUT2D eigenvalue weighted by atomic mass is 16.5.